The van der Waals surface area contributed by atoms with Crippen LogP contribution in [-0.2, 0) is 32.7 Å². The Morgan fingerprint density at radius 3 is 0.951 bits per heavy atom. The van der Waals surface area contributed by atoms with Gasteiger partial charge in [-0.3, -0.25) is 18.6 Å². The van der Waals surface area contributed by atoms with Crippen molar-refractivity contribution in [1.29, 1.82) is 0 Å². The van der Waals surface area contributed by atoms with E-state index in [4.69, 9.17) is 24.3 Å². The van der Waals surface area contributed by atoms with Gasteiger partial charge in [0.05, 0.1) is 13.2 Å². The predicted molar refractivity (Wildman–Crippen MR) is 348 cm³/mol. The van der Waals surface area contributed by atoms with Crippen LogP contribution in [0.25, 0.3) is 0 Å². The molecule has 0 bridgehead atoms. The Kier molecular flexibility index (Phi) is 61.7. The van der Waals surface area contributed by atoms with Gasteiger partial charge < -0.3 is 20.1 Å². The van der Waals surface area contributed by atoms with Crippen molar-refractivity contribution in [2.75, 3.05) is 26.4 Å². The van der Waals surface area contributed by atoms with Crippen LogP contribution in [0.4, 0.5) is 0 Å². The SMILES string of the molecule is CC/C=C\C/C=C\C/C=C\C/C=C\C/C=C\C/C=C\CCCCCCCCCCCCCCC(=O)OC(COC(=O)CCCCCCCCCCCC/C=C\C/C=C\C/C=C\C/C=C\C/C=C\C/C=C\CC)COP(=O)(O)OCCN. The summed E-state index contributed by atoms with van der Waals surface area (Å²) in [6.45, 7) is 3.51. The zero-order valence-electron chi connectivity index (χ0n) is 51.5. The van der Waals surface area contributed by atoms with E-state index in [1.165, 1.54) is 96.3 Å². The molecule has 0 aromatic rings. The van der Waals surface area contributed by atoms with E-state index in [1.54, 1.807) is 0 Å². The molecule has 0 fully saturated rings. The summed E-state index contributed by atoms with van der Waals surface area (Å²) in [6.07, 6.45) is 93.4. The molecule has 0 aromatic carbocycles. The van der Waals surface area contributed by atoms with Crippen molar-refractivity contribution >= 4 is 19.8 Å². The lowest BCUT2D eigenvalue weighted by Gasteiger charge is -2.19. The molecule has 0 amide bonds. The molecular formula is C71H118NO8P. The first kappa shape index (κ1) is 76.9. The standard InChI is InChI=1S/C71H118NO8P/c1-3-5-7-9-11-13-15-17-19-21-23-25-27-29-31-33-34-36-38-40-42-44-46-48-50-52-54-56-58-60-62-64-71(74)80-69(68-79-81(75,76)78-66-65-72)67-77-70(73)63-61-59-57-55-53-51-49-47-45-43-41-39-37-35-32-30-28-26-24-22-20-18-16-14-12-10-8-6-4-2/h5-8,11-14,17-20,23-26,29-32,34,36-37,39,69H,3-4,9-10,15-16,21-22,27-28,33,35,38,40-68,72H2,1-2H3,(H,75,76)/b7-5-,8-6-,13-11-,14-12-,19-17-,20-18-,25-23-,26-24-,31-29-,32-30-,36-34-,39-37-. The Balaban J connectivity index is 3.98. The van der Waals surface area contributed by atoms with Gasteiger partial charge in [-0.1, -0.05) is 275 Å². The van der Waals surface area contributed by atoms with Crippen LogP contribution in [0.1, 0.15) is 258 Å². The second-order valence-electron chi connectivity index (χ2n) is 20.9. The summed E-state index contributed by atoms with van der Waals surface area (Å²) in [6, 6.07) is 0. The summed E-state index contributed by atoms with van der Waals surface area (Å²) in [4.78, 5) is 35.3. The number of carbonyl (C=O) groups excluding carboxylic acids is 2. The van der Waals surface area contributed by atoms with E-state index in [-0.39, 0.29) is 38.6 Å². The van der Waals surface area contributed by atoms with Crippen molar-refractivity contribution in [3.05, 3.63) is 146 Å². The lowest BCUT2D eigenvalue weighted by atomic mass is 10.0. The van der Waals surface area contributed by atoms with E-state index < -0.39 is 26.5 Å². The van der Waals surface area contributed by atoms with Crippen molar-refractivity contribution in [3.63, 3.8) is 0 Å². The molecule has 10 heteroatoms. The van der Waals surface area contributed by atoms with Gasteiger partial charge in [-0.05, 0) is 116 Å². The van der Waals surface area contributed by atoms with Gasteiger partial charge in [-0.2, -0.15) is 0 Å². The minimum absolute atomic E-state index is 0.0457. The molecule has 0 saturated carbocycles. The molecule has 9 nitrogen and oxygen atoms in total. The Hall–Kier alpha value is -4.11. The smallest absolute Gasteiger partial charge is 0.462 e. The van der Waals surface area contributed by atoms with Crippen LogP contribution >= 0.6 is 7.82 Å². The van der Waals surface area contributed by atoms with Crippen molar-refractivity contribution in [1.82, 2.24) is 0 Å². The highest BCUT2D eigenvalue weighted by Gasteiger charge is 2.26. The summed E-state index contributed by atoms with van der Waals surface area (Å²) < 4.78 is 33.1. The van der Waals surface area contributed by atoms with E-state index in [2.05, 4.69) is 160 Å². The number of phosphoric ester groups is 1. The first-order valence-electron chi connectivity index (χ1n) is 32.3. The number of esters is 2. The zero-order chi connectivity index (χ0) is 58.7. The first-order valence-corrected chi connectivity index (χ1v) is 33.8. The van der Waals surface area contributed by atoms with Gasteiger partial charge in [0.25, 0.3) is 0 Å². The van der Waals surface area contributed by atoms with Gasteiger partial charge in [-0.25, -0.2) is 4.57 Å². The third-order valence-electron chi connectivity index (χ3n) is 13.2. The van der Waals surface area contributed by atoms with E-state index in [1.807, 2.05) is 0 Å². The average molecular weight is 1140 g/mol. The van der Waals surface area contributed by atoms with Crippen LogP contribution in [0, 0.1) is 0 Å². The van der Waals surface area contributed by atoms with Crippen molar-refractivity contribution in [2.24, 2.45) is 5.73 Å². The van der Waals surface area contributed by atoms with Gasteiger partial charge in [0.1, 0.15) is 6.61 Å². The summed E-state index contributed by atoms with van der Waals surface area (Å²) in [7, 11) is -4.40. The summed E-state index contributed by atoms with van der Waals surface area (Å²) in [5, 5.41) is 0. The second kappa shape index (κ2) is 65.0. The maximum absolute atomic E-state index is 12.8. The Morgan fingerprint density at radius 2 is 0.642 bits per heavy atom. The Morgan fingerprint density at radius 1 is 0.370 bits per heavy atom. The highest BCUT2D eigenvalue weighted by atomic mass is 31.2. The molecule has 0 aliphatic rings. The molecule has 0 aromatic heterocycles. The highest BCUT2D eigenvalue weighted by Crippen LogP contribution is 2.43. The van der Waals surface area contributed by atoms with Crippen LogP contribution < -0.4 is 5.73 Å². The minimum Gasteiger partial charge on any atom is -0.462 e. The van der Waals surface area contributed by atoms with Crippen LogP contribution in [0.2, 0.25) is 0 Å². The normalized spacial score (nSPS) is 14.0. The van der Waals surface area contributed by atoms with Crippen LogP contribution in [0.15, 0.2) is 146 Å². The number of hydrogen-bond acceptors (Lipinski definition) is 8. The van der Waals surface area contributed by atoms with Crippen LogP contribution in [-0.4, -0.2) is 49.3 Å². The molecule has 3 N–H and O–H groups in total. The van der Waals surface area contributed by atoms with E-state index in [0.717, 1.165) is 128 Å². The number of unbranched alkanes of at least 4 members (excludes halogenated alkanes) is 22. The molecule has 460 valence electrons. The summed E-state index contributed by atoms with van der Waals surface area (Å²) in [5.74, 6) is -0.840. The fourth-order valence-corrected chi connectivity index (χ4v) is 9.29. The maximum atomic E-state index is 12.8. The average Bonchev–Trinajstić information content (AvgIpc) is 3.46. The van der Waals surface area contributed by atoms with Crippen molar-refractivity contribution in [3.8, 4) is 0 Å². The zero-order valence-corrected chi connectivity index (χ0v) is 52.4. The lowest BCUT2D eigenvalue weighted by Crippen LogP contribution is -2.29. The molecule has 0 rings (SSSR count). The van der Waals surface area contributed by atoms with Crippen molar-refractivity contribution in [2.45, 2.75) is 264 Å². The Labute approximate surface area is 496 Å². The topological polar surface area (TPSA) is 134 Å². The van der Waals surface area contributed by atoms with Gasteiger partial charge in [0, 0.05) is 19.4 Å². The molecule has 0 aliphatic heterocycles. The Bertz CT molecular complexity index is 1830. The molecule has 2 unspecified atom stereocenters. The predicted octanol–water partition coefficient (Wildman–Crippen LogP) is 21.1. The molecule has 0 spiro atoms. The second-order valence-corrected chi connectivity index (χ2v) is 22.3. The maximum Gasteiger partial charge on any atom is 0.472 e. The minimum atomic E-state index is -4.40. The van der Waals surface area contributed by atoms with Crippen molar-refractivity contribution < 1.29 is 37.6 Å². The molecule has 2 atom stereocenters. The van der Waals surface area contributed by atoms with E-state index in [9.17, 15) is 19.0 Å². The fourth-order valence-electron chi connectivity index (χ4n) is 8.53. The number of carbonyl (C=O) groups is 2. The van der Waals surface area contributed by atoms with Gasteiger partial charge in [0.15, 0.2) is 6.10 Å². The fraction of sp³-hybridized carbons (Fsp3) is 0.634. The number of phosphoric acid groups is 1. The molecule has 0 heterocycles. The number of nitrogens with two attached hydrogens (primary N) is 1. The molecule has 81 heavy (non-hydrogen) atoms. The van der Waals surface area contributed by atoms with E-state index in [0.29, 0.717) is 6.42 Å². The van der Waals surface area contributed by atoms with E-state index >= 15 is 0 Å². The number of rotatable bonds is 59. The van der Waals surface area contributed by atoms with Gasteiger partial charge in [-0.15, -0.1) is 0 Å². The summed E-state index contributed by atoms with van der Waals surface area (Å²) in [5.41, 5.74) is 5.39. The molecule has 0 saturated heterocycles. The third-order valence-corrected chi connectivity index (χ3v) is 14.2. The number of ether oxygens (including phenoxy) is 2. The number of allylic oxidation sites excluding steroid dienone is 24. The summed E-state index contributed by atoms with van der Waals surface area (Å²) >= 11 is 0. The van der Waals surface area contributed by atoms with Gasteiger partial charge in [0.2, 0.25) is 0 Å². The lowest BCUT2D eigenvalue weighted by molar-refractivity contribution is -0.161. The quantitative estimate of drug-likeness (QED) is 0.0264. The molecule has 0 radical (unpaired) electrons. The molecular weight excluding hydrogens is 1030 g/mol. The largest absolute Gasteiger partial charge is 0.472 e. The first-order chi connectivity index (χ1) is 39.8. The van der Waals surface area contributed by atoms with Gasteiger partial charge >= 0.3 is 19.8 Å². The highest BCUT2D eigenvalue weighted by molar-refractivity contribution is 7.47. The third kappa shape index (κ3) is 64.9. The molecule has 0 aliphatic carbocycles. The number of hydrogen-bond donors (Lipinski definition) is 2. The monoisotopic (exact) mass is 1140 g/mol. The van der Waals surface area contributed by atoms with Crippen LogP contribution in [0.5, 0.6) is 0 Å². The van der Waals surface area contributed by atoms with Crippen LogP contribution in [0.3, 0.4) is 0 Å².